The summed E-state index contributed by atoms with van der Waals surface area (Å²) in [7, 11) is 0. The van der Waals surface area contributed by atoms with Crippen LogP contribution in [0.3, 0.4) is 0 Å². The molecule has 27 heavy (non-hydrogen) atoms. The summed E-state index contributed by atoms with van der Waals surface area (Å²) < 4.78 is 6.56. The molecule has 4 rings (SSSR count). The van der Waals surface area contributed by atoms with Crippen molar-refractivity contribution in [1.29, 1.82) is 0 Å². The third-order valence-electron chi connectivity index (χ3n) is 5.75. The highest BCUT2D eigenvalue weighted by molar-refractivity contribution is 9.10. The lowest BCUT2D eigenvalue weighted by atomic mass is 10.0. The number of H-pyrrole nitrogens is 1. The number of aryl methyl sites for hydroxylation is 1. The van der Waals surface area contributed by atoms with E-state index in [1.807, 2.05) is 0 Å². The van der Waals surface area contributed by atoms with Gasteiger partial charge in [-0.25, -0.2) is 0 Å². The van der Waals surface area contributed by atoms with Crippen LogP contribution in [-0.4, -0.2) is 49.3 Å². The van der Waals surface area contributed by atoms with Gasteiger partial charge >= 0.3 is 0 Å². The minimum Gasteiger partial charge on any atom is -0.380 e. The topological polar surface area (TPSA) is 40.3 Å². The zero-order valence-corrected chi connectivity index (χ0v) is 17.8. The van der Waals surface area contributed by atoms with Gasteiger partial charge in [0.25, 0.3) is 0 Å². The van der Waals surface area contributed by atoms with Gasteiger partial charge in [0.15, 0.2) is 0 Å². The second-order valence-corrected chi connectivity index (χ2v) is 8.45. The van der Waals surface area contributed by atoms with E-state index in [9.17, 15) is 0 Å². The van der Waals surface area contributed by atoms with Crippen molar-refractivity contribution in [3.8, 4) is 0 Å². The molecule has 0 radical (unpaired) electrons. The van der Waals surface area contributed by atoms with Gasteiger partial charge in [0.2, 0.25) is 0 Å². The molecule has 5 heteroatoms. The highest BCUT2D eigenvalue weighted by atomic mass is 79.9. The summed E-state index contributed by atoms with van der Waals surface area (Å²) in [5.74, 6) is 0. The number of aromatic amines is 1. The van der Waals surface area contributed by atoms with E-state index in [0.717, 1.165) is 50.3 Å². The van der Waals surface area contributed by atoms with E-state index in [2.05, 4.69) is 69.3 Å². The summed E-state index contributed by atoms with van der Waals surface area (Å²) in [6.45, 7) is 10.4. The van der Waals surface area contributed by atoms with Crippen molar-refractivity contribution in [2.75, 3.05) is 44.7 Å². The Labute approximate surface area is 170 Å². The fourth-order valence-electron chi connectivity index (χ4n) is 4.16. The molecule has 2 aliphatic heterocycles. The first-order valence-electron chi connectivity index (χ1n) is 9.84. The van der Waals surface area contributed by atoms with Gasteiger partial charge in [-0.2, -0.15) is 0 Å². The van der Waals surface area contributed by atoms with Crippen LogP contribution in [0.5, 0.6) is 0 Å². The molecule has 0 bridgehead atoms. The van der Waals surface area contributed by atoms with Gasteiger partial charge in [-0.3, -0.25) is 4.90 Å². The number of morpholine rings is 1. The quantitative estimate of drug-likeness (QED) is 0.727. The fourth-order valence-corrected chi connectivity index (χ4v) is 4.52. The molecule has 0 saturated carbocycles. The van der Waals surface area contributed by atoms with E-state index >= 15 is 0 Å². The summed E-state index contributed by atoms with van der Waals surface area (Å²) in [5, 5.41) is 3.49. The van der Waals surface area contributed by atoms with Gasteiger partial charge in [-0.05, 0) is 74.2 Å². The molecule has 0 spiro atoms. The van der Waals surface area contributed by atoms with Gasteiger partial charge < -0.3 is 15.0 Å². The van der Waals surface area contributed by atoms with Crippen molar-refractivity contribution in [2.45, 2.75) is 26.7 Å². The Morgan fingerprint density at radius 1 is 1.22 bits per heavy atom. The number of benzene rings is 1. The number of ether oxygens (including phenoxy) is 1. The van der Waals surface area contributed by atoms with Crippen LogP contribution >= 0.6 is 15.9 Å². The molecule has 0 unspecified atom stereocenters. The maximum absolute atomic E-state index is 5.44. The van der Waals surface area contributed by atoms with E-state index in [-0.39, 0.29) is 0 Å². The predicted octanol–water partition coefficient (Wildman–Crippen LogP) is 4.62. The Balaban J connectivity index is 1.47. The molecule has 1 aromatic carbocycles. The molecule has 1 saturated heterocycles. The number of nitrogens with zero attached hydrogens (tertiary/aromatic N) is 1. The Morgan fingerprint density at radius 2 is 2.04 bits per heavy atom. The van der Waals surface area contributed by atoms with Gasteiger partial charge in [-0.15, -0.1) is 0 Å². The van der Waals surface area contributed by atoms with E-state index in [1.54, 1.807) is 0 Å². The van der Waals surface area contributed by atoms with Crippen molar-refractivity contribution in [1.82, 2.24) is 9.88 Å². The van der Waals surface area contributed by atoms with Gasteiger partial charge in [0.05, 0.1) is 13.2 Å². The van der Waals surface area contributed by atoms with Crippen LogP contribution in [0.15, 0.2) is 22.7 Å². The van der Waals surface area contributed by atoms with Crippen LogP contribution in [0.25, 0.3) is 11.6 Å². The SMILES string of the molecule is Cc1[nH]c(C=C2CNc3ccc(Br)cc32)c(C)c1CCCN1CCOCC1. The van der Waals surface area contributed by atoms with Crippen LogP contribution in [0.4, 0.5) is 5.69 Å². The van der Waals surface area contributed by atoms with Crippen LogP contribution in [0.2, 0.25) is 0 Å². The molecule has 3 heterocycles. The summed E-state index contributed by atoms with van der Waals surface area (Å²) >= 11 is 3.59. The van der Waals surface area contributed by atoms with Crippen LogP contribution in [0, 0.1) is 13.8 Å². The fraction of sp³-hybridized carbons (Fsp3) is 0.455. The molecule has 2 aromatic rings. The number of aromatic nitrogens is 1. The average Bonchev–Trinajstić information content (AvgIpc) is 3.18. The van der Waals surface area contributed by atoms with Crippen molar-refractivity contribution >= 4 is 33.3 Å². The van der Waals surface area contributed by atoms with Crippen molar-refractivity contribution < 1.29 is 4.74 Å². The molecule has 2 N–H and O–H groups in total. The maximum Gasteiger partial charge on any atom is 0.0594 e. The molecule has 0 amide bonds. The first-order valence-corrected chi connectivity index (χ1v) is 10.6. The van der Waals surface area contributed by atoms with Crippen LogP contribution < -0.4 is 5.32 Å². The second kappa shape index (κ2) is 8.21. The molecule has 4 nitrogen and oxygen atoms in total. The number of fused-ring (bicyclic) bond motifs is 1. The number of rotatable bonds is 5. The summed E-state index contributed by atoms with van der Waals surface area (Å²) in [6, 6.07) is 6.44. The van der Waals surface area contributed by atoms with Gasteiger partial charge in [0.1, 0.15) is 0 Å². The molecule has 0 atom stereocenters. The molecule has 144 valence electrons. The first kappa shape index (κ1) is 18.8. The molecule has 1 fully saturated rings. The normalized spacial score (nSPS) is 18.7. The average molecular weight is 430 g/mol. The second-order valence-electron chi connectivity index (χ2n) is 7.54. The summed E-state index contributed by atoms with van der Waals surface area (Å²) in [4.78, 5) is 6.14. The highest BCUT2D eigenvalue weighted by Crippen LogP contribution is 2.35. The number of hydrogen-bond acceptors (Lipinski definition) is 3. The van der Waals surface area contributed by atoms with Crippen molar-refractivity contribution in [3.63, 3.8) is 0 Å². The minimum absolute atomic E-state index is 0.881. The van der Waals surface area contributed by atoms with Gasteiger partial charge in [0, 0.05) is 46.7 Å². The Kier molecular flexibility index (Phi) is 5.71. The monoisotopic (exact) mass is 429 g/mol. The van der Waals surface area contributed by atoms with Gasteiger partial charge in [-0.1, -0.05) is 15.9 Å². The van der Waals surface area contributed by atoms with E-state index in [1.165, 1.54) is 45.8 Å². The minimum atomic E-state index is 0.881. The molecular weight excluding hydrogens is 402 g/mol. The van der Waals surface area contributed by atoms with Crippen molar-refractivity contribution in [3.05, 3.63) is 50.8 Å². The third-order valence-corrected chi connectivity index (χ3v) is 6.25. The van der Waals surface area contributed by atoms with Crippen molar-refractivity contribution in [2.24, 2.45) is 0 Å². The molecule has 2 aliphatic rings. The lowest BCUT2D eigenvalue weighted by molar-refractivity contribution is 0.0374. The number of anilines is 1. The molecule has 0 aliphatic carbocycles. The van der Waals surface area contributed by atoms with E-state index in [4.69, 9.17) is 4.74 Å². The Bertz CT molecular complexity index is 849. The Morgan fingerprint density at radius 3 is 2.85 bits per heavy atom. The number of nitrogens with one attached hydrogen (secondary N) is 2. The summed E-state index contributed by atoms with van der Waals surface area (Å²) in [5.41, 5.74) is 9.29. The van der Waals surface area contributed by atoms with E-state index in [0.29, 0.717) is 0 Å². The third kappa shape index (κ3) is 4.15. The summed E-state index contributed by atoms with van der Waals surface area (Å²) in [6.07, 6.45) is 4.65. The number of halogens is 1. The Hall–Kier alpha value is -1.56. The van der Waals surface area contributed by atoms with Crippen LogP contribution in [-0.2, 0) is 11.2 Å². The predicted molar refractivity (Wildman–Crippen MR) is 116 cm³/mol. The van der Waals surface area contributed by atoms with Crippen LogP contribution in [0.1, 0.15) is 34.5 Å². The largest absolute Gasteiger partial charge is 0.380 e. The lowest BCUT2D eigenvalue weighted by Gasteiger charge is -2.26. The molecule has 1 aromatic heterocycles. The zero-order chi connectivity index (χ0) is 18.8. The smallest absolute Gasteiger partial charge is 0.0594 e. The molecular formula is C22H28BrN3O. The maximum atomic E-state index is 5.44. The standard InChI is InChI=1S/C22H28BrN3O/c1-15-19(4-3-7-26-8-10-27-11-9-26)16(2)25-22(15)12-17-14-24-21-6-5-18(23)13-20(17)21/h5-6,12-13,24-25H,3-4,7-11,14H2,1-2H3. The number of hydrogen-bond donors (Lipinski definition) is 2. The highest BCUT2D eigenvalue weighted by Gasteiger charge is 2.18. The van der Waals surface area contributed by atoms with E-state index < -0.39 is 0 Å². The zero-order valence-electron chi connectivity index (χ0n) is 16.2. The first-order chi connectivity index (χ1) is 13.1. The lowest BCUT2D eigenvalue weighted by Crippen LogP contribution is -2.36.